The molecule has 70 valence electrons. The highest BCUT2D eigenvalue weighted by molar-refractivity contribution is 5.86. The van der Waals surface area contributed by atoms with Crippen LogP contribution >= 0.6 is 0 Å². The van der Waals surface area contributed by atoms with E-state index in [2.05, 4.69) is 5.84 Å². The molecule has 0 heterocycles. The van der Waals surface area contributed by atoms with Crippen molar-refractivity contribution < 1.29 is 30.0 Å². The Balaban J connectivity index is 4.75. The van der Waals surface area contributed by atoms with Crippen molar-refractivity contribution in [3.8, 4) is 0 Å². The molecule has 0 aromatic heterocycles. The van der Waals surface area contributed by atoms with Crippen LogP contribution in [0.1, 0.15) is 0 Å². The van der Waals surface area contributed by atoms with Gasteiger partial charge in [-0.1, -0.05) is 0 Å². The van der Waals surface area contributed by atoms with Crippen molar-refractivity contribution in [1.82, 2.24) is 5.43 Å². The van der Waals surface area contributed by atoms with Crippen molar-refractivity contribution in [2.75, 3.05) is 0 Å². The lowest BCUT2D eigenvalue weighted by molar-refractivity contribution is -0.188. The molecule has 0 saturated carbocycles. The monoisotopic (exact) mass is 180 g/mol. The normalized spacial score (nSPS) is 17.9. The van der Waals surface area contributed by atoms with Gasteiger partial charge in [0.25, 0.3) is 5.72 Å². The first-order valence-corrected chi connectivity index (χ1v) is 2.70. The number of aliphatic hydroxyl groups is 2. The molecule has 0 amide bonds. The van der Waals surface area contributed by atoms with Gasteiger partial charge in [0, 0.05) is 0 Å². The minimum absolute atomic E-state index is 1.28. The zero-order valence-corrected chi connectivity index (χ0v) is 5.76. The molecule has 0 aliphatic carbocycles. The second kappa shape index (κ2) is 3.45. The van der Waals surface area contributed by atoms with Crippen LogP contribution in [-0.4, -0.2) is 44.2 Å². The maximum Gasteiger partial charge on any atom is 0.356 e. The summed E-state index contributed by atoms with van der Waals surface area (Å²) in [5.74, 6) is 0.652. The van der Waals surface area contributed by atoms with Gasteiger partial charge in [-0.3, -0.25) is 5.84 Å². The van der Waals surface area contributed by atoms with E-state index in [4.69, 9.17) is 20.4 Å². The maximum absolute atomic E-state index is 10.2. The first-order valence-electron chi connectivity index (χ1n) is 2.70. The average molecular weight is 180 g/mol. The molecule has 12 heavy (non-hydrogen) atoms. The third-order valence-corrected chi connectivity index (χ3v) is 1.18. The first kappa shape index (κ1) is 10.8. The van der Waals surface area contributed by atoms with Gasteiger partial charge >= 0.3 is 11.9 Å². The van der Waals surface area contributed by atoms with Crippen LogP contribution in [0.15, 0.2) is 0 Å². The summed E-state index contributed by atoms with van der Waals surface area (Å²) in [5, 5.41) is 33.9. The lowest BCUT2D eigenvalue weighted by Crippen LogP contribution is -2.65. The molecule has 2 unspecified atom stereocenters. The van der Waals surface area contributed by atoms with E-state index in [0.717, 1.165) is 0 Å². The summed E-state index contributed by atoms with van der Waals surface area (Å²) in [5.41, 5.74) is -1.79. The molecule has 0 aromatic rings. The third kappa shape index (κ3) is 1.68. The second-order valence-electron chi connectivity index (χ2n) is 1.96. The number of nitrogens with two attached hydrogens (primary N) is 1. The summed E-state index contributed by atoms with van der Waals surface area (Å²) < 4.78 is 0. The van der Waals surface area contributed by atoms with E-state index in [-0.39, 0.29) is 0 Å². The van der Waals surface area contributed by atoms with E-state index in [0.29, 0.717) is 0 Å². The number of rotatable bonds is 4. The summed E-state index contributed by atoms with van der Waals surface area (Å²) in [7, 11) is 0. The highest BCUT2D eigenvalue weighted by Crippen LogP contribution is 2.05. The van der Waals surface area contributed by atoms with Gasteiger partial charge in [0.15, 0.2) is 0 Å². The van der Waals surface area contributed by atoms with Gasteiger partial charge in [0.05, 0.1) is 0 Å². The predicted molar refractivity (Wildman–Crippen MR) is 33.6 cm³/mol. The lowest BCUT2D eigenvalue weighted by Gasteiger charge is -2.24. The Kier molecular flexibility index (Phi) is 3.10. The van der Waals surface area contributed by atoms with E-state index >= 15 is 0 Å². The molecule has 0 radical (unpaired) electrons. The highest BCUT2D eigenvalue weighted by Gasteiger charge is 2.47. The SMILES string of the molecule is NNC(O)(C(=O)O)C(O)C(=O)O. The molecule has 2 atom stereocenters. The molecular formula is C4H8N2O6. The van der Waals surface area contributed by atoms with Crippen molar-refractivity contribution in [2.45, 2.75) is 11.8 Å². The van der Waals surface area contributed by atoms with Gasteiger partial charge in [-0.2, -0.15) is 0 Å². The molecule has 0 rings (SSSR count). The zero-order chi connectivity index (χ0) is 9.94. The Bertz CT molecular complexity index is 206. The number of carboxylic acids is 2. The van der Waals surface area contributed by atoms with Gasteiger partial charge in [-0.05, 0) is 0 Å². The van der Waals surface area contributed by atoms with Crippen molar-refractivity contribution in [3.05, 3.63) is 0 Å². The lowest BCUT2D eigenvalue weighted by atomic mass is 10.1. The minimum Gasteiger partial charge on any atom is -0.479 e. The Morgan fingerprint density at radius 3 is 1.92 bits per heavy atom. The van der Waals surface area contributed by atoms with E-state index in [9.17, 15) is 9.59 Å². The maximum atomic E-state index is 10.2. The Morgan fingerprint density at radius 2 is 1.83 bits per heavy atom. The summed E-state index contributed by atoms with van der Waals surface area (Å²) in [4.78, 5) is 20.2. The van der Waals surface area contributed by atoms with E-state index in [1.807, 2.05) is 0 Å². The van der Waals surface area contributed by atoms with E-state index in [1.54, 1.807) is 0 Å². The van der Waals surface area contributed by atoms with Crippen molar-refractivity contribution in [1.29, 1.82) is 0 Å². The number of carbonyl (C=O) groups is 2. The van der Waals surface area contributed by atoms with Gasteiger partial charge < -0.3 is 20.4 Å². The molecule has 0 saturated heterocycles. The largest absolute Gasteiger partial charge is 0.479 e. The average Bonchev–Trinajstić information content (AvgIpc) is 2.01. The summed E-state index contributed by atoms with van der Waals surface area (Å²) in [6, 6.07) is 0. The van der Waals surface area contributed by atoms with Crippen LogP contribution in [0.5, 0.6) is 0 Å². The molecule has 0 bridgehead atoms. The first-order chi connectivity index (χ1) is 5.36. The molecule has 0 aromatic carbocycles. The molecule has 0 aliphatic heterocycles. The fourth-order valence-corrected chi connectivity index (χ4v) is 0.436. The molecule has 8 nitrogen and oxygen atoms in total. The van der Waals surface area contributed by atoms with Crippen LogP contribution in [0.3, 0.4) is 0 Å². The number of carboxylic acid groups (broad SMARTS) is 2. The number of hydrazine groups is 1. The van der Waals surface area contributed by atoms with Crippen LogP contribution in [-0.2, 0) is 9.59 Å². The number of hydrogen-bond acceptors (Lipinski definition) is 6. The number of aliphatic hydroxyl groups excluding tert-OH is 1. The van der Waals surface area contributed by atoms with Crippen LogP contribution in [0, 0.1) is 0 Å². The topological polar surface area (TPSA) is 153 Å². The molecular weight excluding hydrogens is 172 g/mol. The fraction of sp³-hybridized carbons (Fsp3) is 0.500. The third-order valence-electron chi connectivity index (χ3n) is 1.18. The predicted octanol–water partition coefficient (Wildman–Crippen LogP) is -3.33. The van der Waals surface area contributed by atoms with Gasteiger partial charge in [-0.25, -0.2) is 15.0 Å². The molecule has 8 heteroatoms. The standard InChI is InChI=1S/C4H8N2O6/c5-6-4(12,3(10)11)1(7)2(8)9/h1,6-7,12H,5H2,(H,8,9)(H,10,11). The Labute approximate surface area is 66.2 Å². The molecule has 0 aliphatic rings. The van der Waals surface area contributed by atoms with Crippen LogP contribution in [0.2, 0.25) is 0 Å². The Hall–Kier alpha value is -1.22. The zero-order valence-electron chi connectivity index (χ0n) is 5.76. The number of aliphatic carboxylic acids is 2. The second-order valence-corrected chi connectivity index (χ2v) is 1.96. The summed E-state index contributed by atoms with van der Waals surface area (Å²) >= 11 is 0. The van der Waals surface area contributed by atoms with Crippen molar-refractivity contribution >= 4 is 11.9 Å². The highest BCUT2D eigenvalue weighted by atomic mass is 16.5. The van der Waals surface area contributed by atoms with E-state index < -0.39 is 23.8 Å². The quantitative estimate of drug-likeness (QED) is 0.149. The fourth-order valence-electron chi connectivity index (χ4n) is 0.436. The van der Waals surface area contributed by atoms with Gasteiger partial charge in [-0.15, -0.1) is 0 Å². The number of hydrogen-bond donors (Lipinski definition) is 6. The number of nitrogens with one attached hydrogen (secondary N) is 1. The molecule has 0 fully saturated rings. The van der Waals surface area contributed by atoms with Crippen LogP contribution in [0.4, 0.5) is 0 Å². The summed E-state index contributed by atoms with van der Waals surface area (Å²) in [6.45, 7) is 0. The van der Waals surface area contributed by atoms with Crippen molar-refractivity contribution in [2.24, 2.45) is 5.84 Å². The molecule has 7 N–H and O–H groups in total. The Morgan fingerprint density at radius 1 is 1.42 bits per heavy atom. The van der Waals surface area contributed by atoms with Gasteiger partial charge in [0.2, 0.25) is 6.10 Å². The summed E-state index contributed by atoms with van der Waals surface area (Å²) in [6.07, 6.45) is -2.54. The minimum atomic E-state index is -3.08. The van der Waals surface area contributed by atoms with Crippen LogP contribution in [0.25, 0.3) is 0 Å². The van der Waals surface area contributed by atoms with E-state index in [1.165, 1.54) is 5.43 Å². The smallest absolute Gasteiger partial charge is 0.356 e. The van der Waals surface area contributed by atoms with Crippen molar-refractivity contribution in [3.63, 3.8) is 0 Å². The van der Waals surface area contributed by atoms with Crippen LogP contribution < -0.4 is 11.3 Å². The van der Waals surface area contributed by atoms with Gasteiger partial charge in [0.1, 0.15) is 0 Å². The molecule has 0 spiro atoms.